The molecule has 142 valence electrons. The maximum Gasteiger partial charge on any atom is 0.271 e. The molecule has 0 saturated carbocycles. The number of nitrogens with zero attached hydrogens (tertiary/aromatic N) is 3. The van der Waals surface area contributed by atoms with Crippen LogP contribution in [0.5, 0.6) is 0 Å². The molecule has 1 aliphatic heterocycles. The second-order valence-electron chi connectivity index (χ2n) is 6.19. The summed E-state index contributed by atoms with van der Waals surface area (Å²) in [6.45, 7) is 0.344. The fraction of sp³-hybridized carbons (Fsp3) is 0.238. The van der Waals surface area contributed by atoms with Gasteiger partial charge in [-0.25, -0.2) is 5.01 Å². The molecule has 0 aromatic heterocycles. The fourth-order valence-corrected chi connectivity index (χ4v) is 3.60. The molecule has 2 aromatic rings. The summed E-state index contributed by atoms with van der Waals surface area (Å²) >= 11 is 1.52. The van der Waals surface area contributed by atoms with E-state index >= 15 is 0 Å². The first-order chi connectivity index (χ1) is 13.7. The van der Waals surface area contributed by atoms with Crippen molar-refractivity contribution in [1.82, 2.24) is 5.01 Å². The summed E-state index contributed by atoms with van der Waals surface area (Å²) < 4.78 is 0. The van der Waals surface area contributed by atoms with E-state index in [2.05, 4.69) is 16.5 Å². The van der Waals surface area contributed by atoms with E-state index in [1.54, 1.807) is 0 Å². The Labute approximate surface area is 168 Å². The van der Waals surface area contributed by atoms with Gasteiger partial charge in [0.15, 0.2) is 0 Å². The Morgan fingerprint density at radius 2 is 1.89 bits per heavy atom. The monoisotopic (exact) mass is 392 g/mol. The van der Waals surface area contributed by atoms with E-state index in [0.29, 0.717) is 36.5 Å². The van der Waals surface area contributed by atoms with Gasteiger partial charge in [0.25, 0.3) is 5.91 Å². The molecule has 0 bridgehead atoms. The first-order valence-corrected chi connectivity index (χ1v) is 9.98. The minimum absolute atomic E-state index is 0.0899. The summed E-state index contributed by atoms with van der Waals surface area (Å²) in [6.07, 6.45) is 1.02. The number of nitrogens with one attached hydrogen (secondary N) is 1. The van der Waals surface area contributed by atoms with Gasteiger partial charge < -0.3 is 5.32 Å². The second-order valence-corrected chi connectivity index (χ2v) is 7.33. The number of carbonyl (C=O) groups is 2. The van der Waals surface area contributed by atoms with Crippen LogP contribution in [0.1, 0.15) is 24.8 Å². The number of rotatable bonds is 7. The Morgan fingerprint density at radius 1 is 1.14 bits per heavy atom. The molecule has 2 amide bonds. The maximum absolute atomic E-state index is 12.7. The van der Waals surface area contributed by atoms with Gasteiger partial charge in [0.2, 0.25) is 5.91 Å². The van der Waals surface area contributed by atoms with Crippen LogP contribution in [0.2, 0.25) is 0 Å². The van der Waals surface area contributed by atoms with E-state index in [0.717, 1.165) is 10.5 Å². The Morgan fingerprint density at radius 3 is 2.68 bits per heavy atom. The molecule has 0 aliphatic carbocycles. The number of carbonyl (C=O) groups excluding carboxylic acids is 2. The predicted molar refractivity (Wildman–Crippen MR) is 110 cm³/mol. The molecule has 0 atom stereocenters. The third-order valence-corrected chi connectivity index (χ3v) is 5.22. The van der Waals surface area contributed by atoms with Crippen LogP contribution in [-0.2, 0) is 16.1 Å². The summed E-state index contributed by atoms with van der Waals surface area (Å²) in [5.74, 6) is 0.260. The highest BCUT2D eigenvalue weighted by atomic mass is 32.2. The predicted octanol–water partition coefficient (Wildman–Crippen LogP) is 3.81. The summed E-state index contributed by atoms with van der Waals surface area (Å²) in [6, 6.07) is 19.1. The van der Waals surface area contributed by atoms with Gasteiger partial charge in [-0.15, -0.1) is 11.8 Å². The number of thioether (sulfide) groups is 1. The Balaban J connectivity index is 1.71. The van der Waals surface area contributed by atoms with Crippen molar-refractivity contribution >= 4 is 35.0 Å². The molecule has 0 unspecified atom stereocenters. The van der Waals surface area contributed by atoms with Crippen molar-refractivity contribution in [3.63, 3.8) is 0 Å². The van der Waals surface area contributed by atoms with Crippen molar-refractivity contribution in [2.45, 2.75) is 30.7 Å². The number of benzene rings is 2. The minimum Gasteiger partial charge on any atom is -0.320 e. The molecule has 0 saturated heterocycles. The van der Waals surface area contributed by atoms with Crippen molar-refractivity contribution in [3.05, 3.63) is 60.2 Å². The third kappa shape index (κ3) is 5.21. The molecule has 0 fully saturated rings. The van der Waals surface area contributed by atoms with Crippen LogP contribution in [0.4, 0.5) is 5.69 Å². The zero-order chi connectivity index (χ0) is 19.8. The van der Waals surface area contributed by atoms with Gasteiger partial charge in [0.05, 0.1) is 18.3 Å². The molecule has 1 N–H and O–H groups in total. The molecule has 3 rings (SSSR count). The Hall–Kier alpha value is -3.11. The molecule has 7 heteroatoms. The first-order valence-electron chi connectivity index (χ1n) is 8.99. The first kappa shape index (κ1) is 19.6. The molecule has 1 aliphatic rings. The molecule has 6 nitrogen and oxygen atoms in total. The van der Waals surface area contributed by atoms with Crippen molar-refractivity contribution in [1.29, 1.82) is 5.26 Å². The summed E-state index contributed by atoms with van der Waals surface area (Å²) in [5.41, 5.74) is 1.98. The van der Waals surface area contributed by atoms with Crippen LogP contribution in [0.25, 0.3) is 0 Å². The minimum atomic E-state index is -0.307. The van der Waals surface area contributed by atoms with Gasteiger partial charge in [-0.2, -0.15) is 10.4 Å². The number of anilines is 1. The van der Waals surface area contributed by atoms with Gasteiger partial charge in [-0.05, 0) is 17.7 Å². The molecular weight excluding hydrogens is 372 g/mol. The lowest BCUT2D eigenvalue weighted by Crippen LogP contribution is -2.36. The van der Waals surface area contributed by atoms with E-state index in [4.69, 9.17) is 5.26 Å². The van der Waals surface area contributed by atoms with Crippen LogP contribution >= 0.6 is 11.8 Å². The number of hydrazone groups is 1. The number of amides is 2. The molecular formula is C21H20N4O2S. The van der Waals surface area contributed by atoms with E-state index in [1.807, 2.05) is 54.6 Å². The SMILES string of the molecule is N#CCCSc1ccccc1NC(=O)C1=NN(Cc2ccccc2)C(=O)CC1. The van der Waals surface area contributed by atoms with E-state index in [-0.39, 0.29) is 18.2 Å². The van der Waals surface area contributed by atoms with Gasteiger partial charge >= 0.3 is 0 Å². The number of para-hydroxylation sites is 1. The summed E-state index contributed by atoms with van der Waals surface area (Å²) in [5, 5.41) is 17.3. The standard InChI is InChI=1S/C21H20N4O2S/c22-13-6-14-28-19-10-5-4-9-17(19)23-21(27)18-11-12-20(26)25(24-18)15-16-7-2-1-3-8-16/h1-5,7-10H,6,11-12,14-15H2,(H,23,27). The summed E-state index contributed by atoms with van der Waals surface area (Å²) in [4.78, 5) is 25.8. The average molecular weight is 392 g/mol. The van der Waals surface area contributed by atoms with Crippen LogP contribution < -0.4 is 5.32 Å². The fourth-order valence-electron chi connectivity index (χ4n) is 2.74. The zero-order valence-corrected chi connectivity index (χ0v) is 16.1. The van der Waals surface area contributed by atoms with E-state index in [9.17, 15) is 9.59 Å². The summed E-state index contributed by atoms with van der Waals surface area (Å²) in [7, 11) is 0. The third-order valence-electron chi connectivity index (χ3n) is 4.15. The smallest absolute Gasteiger partial charge is 0.271 e. The van der Waals surface area contributed by atoms with Gasteiger partial charge in [-0.3, -0.25) is 9.59 Å². The molecule has 0 spiro atoms. The molecule has 1 heterocycles. The number of hydrogen-bond acceptors (Lipinski definition) is 5. The van der Waals surface area contributed by atoms with Crippen molar-refractivity contribution in [3.8, 4) is 6.07 Å². The van der Waals surface area contributed by atoms with Crippen LogP contribution in [-0.4, -0.2) is 28.3 Å². The molecule has 0 radical (unpaired) electrons. The van der Waals surface area contributed by atoms with Crippen molar-refractivity contribution < 1.29 is 9.59 Å². The molecule has 28 heavy (non-hydrogen) atoms. The lowest BCUT2D eigenvalue weighted by molar-refractivity contribution is -0.132. The Kier molecular flexibility index (Phi) is 6.82. The van der Waals surface area contributed by atoms with E-state index < -0.39 is 0 Å². The van der Waals surface area contributed by atoms with Crippen molar-refractivity contribution in [2.75, 3.05) is 11.1 Å². The van der Waals surface area contributed by atoms with Gasteiger partial charge in [0, 0.05) is 29.9 Å². The highest BCUT2D eigenvalue weighted by molar-refractivity contribution is 7.99. The highest BCUT2D eigenvalue weighted by Gasteiger charge is 2.25. The number of nitriles is 1. The van der Waals surface area contributed by atoms with Gasteiger partial charge in [-0.1, -0.05) is 42.5 Å². The second kappa shape index (κ2) is 9.72. The highest BCUT2D eigenvalue weighted by Crippen LogP contribution is 2.27. The average Bonchev–Trinajstić information content (AvgIpc) is 2.72. The lowest BCUT2D eigenvalue weighted by atomic mass is 10.1. The van der Waals surface area contributed by atoms with Crippen LogP contribution in [0.3, 0.4) is 0 Å². The van der Waals surface area contributed by atoms with E-state index in [1.165, 1.54) is 16.8 Å². The van der Waals surface area contributed by atoms with Crippen LogP contribution in [0, 0.1) is 11.3 Å². The van der Waals surface area contributed by atoms with Crippen LogP contribution in [0.15, 0.2) is 64.6 Å². The van der Waals surface area contributed by atoms with Gasteiger partial charge in [0.1, 0.15) is 5.71 Å². The molecule has 2 aromatic carbocycles. The maximum atomic E-state index is 12.7. The largest absolute Gasteiger partial charge is 0.320 e. The van der Waals surface area contributed by atoms with Crippen molar-refractivity contribution in [2.24, 2.45) is 5.10 Å². The topological polar surface area (TPSA) is 85.6 Å². The zero-order valence-electron chi connectivity index (χ0n) is 15.3. The Bertz CT molecular complexity index is 922. The normalized spacial score (nSPS) is 13.6. The quantitative estimate of drug-likeness (QED) is 0.573. The lowest BCUT2D eigenvalue weighted by Gasteiger charge is -2.23. The number of hydrogen-bond donors (Lipinski definition) is 1.